The smallest absolute Gasteiger partial charge is 0 e. The van der Waals surface area contributed by atoms with Crippen LogP contribution in [0.4, 0.5) is 0 Å². The van der Waals surface area contributed by atoms with Crippen molar-refractivity contribution in [2.45, 2.75) is 25.2 Å². The molecule has 0 amide bonds. The number of rotatable bonds is 1. The predicted molar refractivity (Wildman–Crippen MR) is 56.4 cm³/mol. The minimum atomic E-state index is 0. The minimum absolute atomic E-state index is 0. The van der Waals surface area contributed by atoms with Gasteiger partial charge in [-0.3, -0.25) is 0 Å². The van der Waals surface area contributed by atoms with Gasteiger partial charge in [0.25, 0.3) is 0 Å². The minimum Gasteiger partial charge on any atom is -0.358 e. The van der Waals surface area contributed by atoms with Gasteiger partial charge in [-0.15, -0.1) is 0 Å². The first-order valence-corrected chi connectivity index (χ1v) is 4.98. The second kappa shape index (κ2) is 4.62. The van der Waals surface area contributed by atoms with Gasteiger partial charge in [0.15, 0.2) is 0 Å². The van der Waals surface area contributed by atoms with E-state index in [9.17, 15) is 0 Å². The first kappa shape index (κ1) is 12.0. The average Bonchev–Trinajstić information content (AvgIpc) is 2.75. The summed E-state index contributed by atoms with van der Waals surface area (Å²) in [6.45, 7) is 0. The number of hydrogen-bond donors (Lipinski definition) is 0. The van der Waals surface area contributed by atoms with Crippen LogP contribution in [0.5, 0.6) is 0 Å². The summed E-state index contributed by atoms with van der Waals surface area (Å²) >= 11 is 0. The van der Waals surface area contributed by atoms with Crippen LogP contribution in [0.2, 0.25) is 0 Å². The molecule has 14 heavy (non-hydrogen) atoms. The van der Waals surface area contributed by atoms with E-state index in [1.165, 1.54) is 19.3 Å². The van der Waals surface area contributed by atoms with Gasteiger partial charge in [0.2, 0.25) is 0 Å². The van der Waals surface area contributed by atoms with Crippen LogP contribution in [0.15, 0.2) is 30.3 Å². The molecule has 2 aliphatic carbocycles. The maximum absolute atomic E-state index is 2.29. The van der Waals surface area contributed by atoms with Crippen LogP contribution in [-0.4, -0.2) is 0 Å². The Bertz CT molecular complexity index is 271. The van der Waals surface area contributed by atoms with E-state index in [1.807, 2.05) is 0 Å². The summed E-state index contributed by atoms with van der Waals surface area (Å²) in [5.41, 5.74) is 1.57. The van der Waals surface area contributed by atoms with Gasteiger partial charge < -0.3 is 7.43 Å². The number of hydrogen-bond acceptors (Lipinski definition) is 0. The Labute approximate surface area is 101 Å². The molecule has 0 bridgehead atoms. The first-order chi connectivity index (χ1) is 5.93. The van der Waals surface area contributed by atoms with Crippen LogP contribution in [0.1, 0.15) is 30.7 Å². The molecule has 1 aromatic rings. The number of benzene rings is 1. The fourth-order valence-corrected chi connectivity index (χ4v) is 2.71. The second-order valence-electron chi connectivity index (χ2n) is 4.33. The van der Waals surface area contributed by atoms with Crippen LogP contribution < -0.4 is 0 Å². The molecule has 3 rings (SSSR count). The van der Waals surface area contributed by atoms with Crippen LogP contribution in [0.3, 0.4) is 0 Å². The molecule has 0 aromatic heterocycles. The zero-order chi connectivity index (χ0) is 7.97. The summed E-state index contributed by atoms with van der Waals surface area (Å²) < 4.78 is 0. The van der Waals surface area contributed by atoms with Gasteiger partial charge in [-0.25, -0.2) is 0 Å². The molecule has 1 heteroatoms. The van der Waals surface area contributed by atoms with Crippen molar-refractivity contribution in [2.24, 2.45) is 11.8 Å². The molecule has 0 spiro atoms. The number of fused-ring (bicyclic) bond motifs is 1. The molecule has 0 radical (unpaired) electrons. The monoisotopic (exact) mass is 357 g/mol. The van der Waals surface area contributed by atoms with Crippen molar-refractivity contribution in [2.75, 3.05) is 0 Å². The van der Waals surface area contributed by atoms with Crippen LogP contribution in [0, 0.1) is 19.3 Å². The summed E-state index contributed by atoms with van der Waals surface area (Å²) in [6, 6.07) is 11.0. The fourth-order valence-electron chi connectivity index (χ4n) is 2.71. The van der Waals surface area contributed by atoms with E-state index in [1.54, 1.807) is 5.56 Å². The van der Waals surface area contributed by atoms with Gasteiger partial charge in [-0.1, -0.05) is 30.3 Å². The zero-order valence-electron chi connectivity index (χ0n) is 8.65. The van der Waals surface area contributed by atoms with Crippen molar-refractivity contribution in [3.8, 4) is 0 Å². The van der Waals surface area contributed by atoms with E-state index < -0.39 is 0 Å². The van der Waals surface area contributed by atoms with Gasteiger partial charge in [-0.2, -0.15) is 0 Å². The van der Waals surface area contributed by atoms with Crippen molar-refractivity contribution >= 4 is 0 Å². The van der Waals surface area contributed by atoms with Crippen molar-refractivity contribution in [1.82, 2.24) is 0 Å². The summed E-state index contributed by atoms with van der Waals surface area (Å²) in [4.78, 5) is 0. The van der Waals surface area contributed by atoms with Gasteiger partial charge in [0.1, 0.15) is 0 Å². The van der Waals surface area contributed by atoms with Crippen LogP contribution in [0.25, 0.3) is 0 Å². The molecule has 2 atom stereocenters. The summed E-state index contributed by atoms with van der Waals surface area (Å²) in [5.74, 6) is 3.11. The molecule has 0 saturated heterocycles. The van der Waals surface area contributed by atoms with E-state index in [0.29, 0.717) is 0 Å². The Hall–Kier alpha value is -0.0917. The molecule has 76 valence electrons. The molecule has 2 unspecified atom stereocenters. The Morgan fingerprint density at radius 1 is 0.857 bits per heavy atom. The molecule has 2 aliphatic rings. The van der Waals surface area contributed by atoms with E-state index >= 15 is 0 Å². The quantitative estimate of drug-likeness (QED) is 0.674. The normalized spacial score (nSPS) is 32.4. The van der Waals surface area contributed by atoms with E-state index in [2.05, 4.69) is 30.3 Å². The van der Waals surface area contributed by atoms with E-state index in [0.717, 1.165) is 17.8 Å². The SMILES string of the molecule is [CH3-].[W].c1ccc(C2CC3CC3C2)cc1. The fraction of sp³-hybridized carbons (Fsp3) is 0.462. The van der Waals surface area contributed by atoms with Crippen molar-refractivity contribution in [1.29, 1.82) is 0 Å². The maximum Gasteiger partial charge on any atom is 0 e. The van der Waals surface area contributed by atoms with Crippen molar-refractivity contribution in [3.63, 3.8) is 0 Å². The van der Waals surface area contributed by atoms with Crippen molar-refractivity contribution < 1.29 is 21.1 Å². The topological polar surface area (TPSA) is 0 Å². The molecule has 0 heterocycles. The van der Waals surface area contributed by atoms with Gasteiger partial charge >= 0.3 is 0 Å². The van der Waals surface area contributed by atoms with Crippen molar-refractivity contribution in [3.05, 3.63) is 43.3 Å². The third-order valence-corrected chi connectivity index (χ3v) is 3.51. The molecule has 0 N–H and O–H groups in total. The molecule has 0 aliphatic heterocycles. The second-order valence-corrected chi connectivity index (χ2v) is 4.33. The molecule has 1 aromatic carbocycles. The standard InChI is InChI=1S/C12H14.CH3.W/c1-2-4-9(5-3-1)10-6-11-8-12(11)7-10;;/h1-5,10-12H,6-8H2;1H3;/q;-1;. The van der Waals surface area contributed by atoms with Crippen LogP contribution >= 0.6 is 0 Å². The Morgan fingerprint density at radius 3 is 2.00 bits per heavy atom. The Morgan fingerprint density at radius 2 is 1.43 bits per heavy atom. The van der Waals surface area contributed by atoms with Gasteiger partial charge in [0, 0.05) is 21.1 Å². The summed E-state index contributed by atoms with van der Waals surface area (Å²) in [6.07, 6.45) is 4.46. The molecular formula is C13H17W-. The van der Waals surface area contributed by atoms with E-state index in [-0.39, 0.29) is 28.5 Å². The zero-order valence-corrected chi connectivity index (χ0v) is 11.6. The van der Waals surface area contributed by atoms with Crippen LogP contribution in [-0.2, 0) is 21.1 Å². The maximum atomic E-state index is 2.29. The molecular weight excluding hydrogens is 340 g/mol. The molecule has 2 saturated carbocycles. The molecule has 0 nitrogen and oxygen atoms in total. The van der Waals surface area contributed by atoms with Gasteiger partial charge in [0.05, 0.1) is 0 Å². The Balaban J connectivity index is 0.000000490. The molecule has 2 fully saturated rings. The first-order valence-electron chi connectivity index (χ1n) is 4.98. The largest absolute Gasteiger partial charge is 0.358 e. The third kappa shape index (κ3) is 2.11. The summed E-state index contributed by atoms with van der Waals surface area (Å²) in [5, 5.41) is 0. The summed E-state index contributed by atoms with van der Waals surface area (Å²) in [7, 11) is 0. The third-order valence-electron chi connectivity index (χ3n) is 3.51. The predicted octanol–water partition coefficient (Wildman–Crippen LogP) is 3.65. The average molecular weight is 357 g/mol. The Kier molecular flexibility index (Phi) is 3.95. The van der Waals surface area contributed by atoms with E-state index in [4.69, 9.17) is 0 Å². The van der Waals surface area contributed by atoms with Gasteiger partial charge in [-0.05, 0) is 42.6 Å².